The summed E-state index contributed by atoms with van der Waals surface area (Å²) in [5.41, 5.74) is 0.136. The maximum atomic E-state index is 9.31. The zero-order valence-electron chi connectivity index (χ0n) is 10.3. The molecule has 0 bridgehead atoms. The molecule has 15 heavy (non-hydrogen) atoms. The van der Waals surface area contributed by atoms with Crippen LogP contribution < -0.4 is 10.6 Å². The first-order chi connectivity index (χ1) is 7.04. The normalized spacial score (nSPS) is 25.2. The van der Waals surface area contributed by atoms with Crippen molar-refractivity contribution in [2.24, 2.45) is 11.3 Å². The minimum absolute atomic E-state index is 0.136. The third-order valence-electron chi connectivity index (χ3n) is 3.28. The van der Waals surface area contributed by atoms with Crippen molar-refractivity contribution in [1.29, 1.82) is 0 Å². The van der Waals surface area contributed by atoms with Crippen molar-refractivity contribution < 1.29 is 5.11 Å². The van der Waals surface area contributed by atoms with Gasteiger partial charge in [-0.15, -0.1) is 0 Å². The second-order valence-corrected chi connectivity index (χ2v) is 5.72. The number of piperidine rings is 1. The maximum absolute atomic E-state index is 9.31. The van der Waals surface area contributed by atoms with E-state index >= 15 is 0 Å². The Morgan fingerprint density at radius 1 is 1.47 bits per heavy atom. The molecule has 1 heterocycles. The van der Waals surface area contributed by atoms with Crippen LogP contribution in [0.4, 0.5) is 0 Å². The van der Waals surface area contributed by atoms with Gasteiger partial charge in [0.05, 0.1) is 6.61 Å². The minimum Gasteiger partial charge on any atom is -0.395 e. The monoisotopic (exact) mass is 214 g/mol. The van der Waals surface area contributed by atoms with Crippen molar-refractivity contribution in [1.82, 2.24) is 10.6 Å². The van der Waals surface area contributed by atoms with Gasteiger partial charge in [0.2, 0.25) is 0 Å². The molecule has 0 amide bonds. The molecule has 0 aliphatic carbocycles. The Labute approximate surface area is 93.6 Å². The summed E-state index contributed by atoms with van der Waals surface area (Å²) in [5.74, 6) is 0.732. The first-order valence-corrected chi connectivity index (χ1v) is 6.09. The van der Waals surface area contributed by atoms with Crippen LogP contribution in [0, 0.1) is 11.3 Å². The van der Waals surface area contributed by atoms with Gasteiger partial charge in [-0.05, 0) is 43.8 Å². The molecule has 0 aromatic rings. The van der Waals surface area contributed by atoms with Crippen molar-refractivity contribution in [3.05, 3.63) is 0 Å². The van der Waals surface area contributed by atoms with Gasteiger partial charge < -0.3 is 15.7 Å². The highest BCUT2D eigenvalue weighted by atomic mass is 16.3. The van der Waals surface area contributed by atoms with Crippen LogP contribution in [0.3, 0.4) is 0 Å². The van der Waals surface area contributed by atoms with Gasteiger partial charge in [-0.1, -0.05) is 20.8 Å². The zero-order valence-corrected chi connectivity index (χ0v) is 10.3. The molecule has 0 aromatic heterocycles. The topological polar surface area (TPSA) is 44.3 Å². The molecule has 1 unspecified atom stereocenters. The van der Waals surface area contributed by atoms with E-state index in [1.165, 1.54) is 19.4 Å². The SMILES string of the molecule is CC(C)(C)[C@@H](CO)NCC1CCCNC1. The van der Waals surface area contributed by atoms with E-state index in [9.17, 15) is 5.11 Å². The summed E-state index contributed by atoms with van der Waals surface area (Å²) in [6, 6.07) is 0.208. The van der Waals surface area contributed by atoms with Gasteiger partial charge in [0, 0.05) is 6.04 Å². The second-order valence-electron chi connectivity index (χ2n) is 5.72. The summed E-state index contributed by atoms with van der Waals surface area (Å²) in [4.78, 5) is 0. The van der Waals surface area contributed by atoms with Crippen LogP contribution in [-0.2, 0) is 0 Å². The Balaban J connectivity index is 2.27. The van der Waals surface area contributed by atoms with Gasteiger partial charge in [-0.25, -0.2) is 0 Å². The summed E-state index contributed by atoms with van der Waals surface area (Å²) in [5, 5.41) is 16.2. The van der Waals surface area contributed by atoms with Gasteiger partial charge in [-0.3, -0.25) is 0 Å². The predicted molar refractivity (Wildman–Crippen MR) is 63.9 cm³/mol. The van der Waals surface area contributed by atoms with Crippen LogP contribution in [0.15, 0.2) is 0 Å². The number of nitrogens with one attached hydrogen (secondary N) is 2. The number of hydrogen-bond donors (Lipinski definition) is 3. The summed E-state index contributed by atoms with van der Waals surface area (Å²) in [7, 11) is 0. The molecule has 1 rings (SSSR count). The van der Waals surface area contributed by atoms with Gasteiger partial charge in [0.25, 0.3) is 0 Å². The molecule has 0 saturated carbocycles. The highest BCUT2D eigenvalue weighted by Crippen LogP contribution is 2.19. The first-order valence-electron chi connectivity index (χ1n) is 6.09. The van der Waals surface area contributed by atoms with Crippen LogP contribution in [-0.4, -0.2) is 37.4 Å². The largest absolute Gasteiger partial charge is 0.395 e. The van der Waals surface area contributed by atoms with Crippen molar-refractivity contribution in [2.45, 2.75) is 39.7 Å². The van der Waals surface area contributed by atoms with E-state index in [2.05, 4.69) is 31.4 Å². The van der Waals surface area contributed by atoms with E-state index in [4.69, 9.17) is 0 Å². The average Bonchev–Trinajstić information content (AvgIpc) is 2.18. The lowest BCUT2D eigenvalue weighted by Gasteiger charge is -2.32. The van der Waals surface area contributed by atoms with E-state index in [-0.39, 0.29) is 18.1 Å². The van der Waals surface area contributed by atoms with Crippen LogP contribution in [0.5, 0.6) is 0 Å². The maximum Gasteiger partial charge on any atom is 0.0589 e. The predicted octanol–water partition coefficient (Wildman–Crippen LogP) is 0.983. The van der Waals surface area contributed by atoms with Gasteiger partial charge in [0.15, 0.2) is 0 Å². The third-order valence-corrected chi connectivity index (χ3v) is 3.28. The summed E-state index contributed by atoms with van der Waals surface area (Å²) in [6.45, 7) is 10.0. The third kappa shape index (κ3) is 4.49. The highest BCUT2D eigenvalue weighted by molar-refractivity contribution is 4.81. The summed E-state index contributed by atoms with van der Waals surface area (Å²) < 4.78 is 0. The van der Waals surface area contributed by atoms with E-state index in [0.717, 1.165) is 19.0 Å². The fourth-order valence-electron chi connectivity index (χ4n) is 2.05. The van der Waals surface area contributed by atoms with E-state index in [1.807, 2.05) is 0 Å². The Bertz CT molecular complexity index is 171. The molecule has 0 spiro atoms. The Morgan fingerprint density at radius 2 is 2.20 bits per heavy atom. The van der Waals surface area contributed by atoms with Crippen LogP contribution in [0.2, 0.25) is 0 Å². The van der Waals surface area contributed by atoms with Crippen molar-refractivity contribution in [2.75, 3.05) is 26.2 Å². The number of aliphatic hydroxyl groups excluding tert-OH is 1. The van der Waals surface area contributed by atoms with E-state index < -0.39 is 0 Å². The Hall–Kier alpha value is -0.120. The minimum atomic E-state index is 0.136. The van der Waals surface area contributed by atoms with Crippen molar-refractivity contribution >= 4 is 0 Å². The second kappa shape index (κ2) is 5.83. The molecular formula is C12H26N2O. The molecule has 3 nitrogen and oxygen atoms in total. The molecule has 0 aromatic carbocycles. The van der Waals surface area contributed by atoms with Crippen molar-refractivity contribution in [3.63, 3.8) is 0 Å². The standard InChI is InChI=1S/C12H26N2O/c1-12(2,3)11(9-15)14-8-10-5-4-6-13-7-10/h10-11,13-15H,4-9H2,1-3H3/t10?,11-/m1/s1. The average molecular weight is 214 g/mol. The fraction of sp³-hybridized carbons (Fsp3) is 1.00. The van der Waals surface area contributed by atoms with Gasteiger partial charge in [-0.2, -0.15) is 0 Å². The molecule has 1 fully saturated rings. The number of rotatable bonds is 4. The quantitative estimate of drug-likeness (QED) is 0.654. The molecule has 1 aliphatic rings. The Kier molecular flexibility index (Phi) is 5.03. The van der Waals surface area contributed by atoms with E-state index in [0.29, 0.717) is 0 Å². The molecule has 1 saturated heterocycles. The Morgan fingerprint density at radius 3 is 2.67 bits per heavy atom. The van der Waals surface area contributed by atoms with Crippen LogP contribution in [0.1, 0.15) is 33.6 Å². The lowest BCUT2D eigenvalue weighted by atomic mass is 9.86. The fourth-order valence-corrected chi connectivity index (χ4v) is 2.05. The molecule has 3 heteroatoms. The van der Waals surface area contributed by atoms with Crippen LogP contribution in [0.25, 0.3) is 0 Å². The zero-order chi connectivity index (χ0) is 11.3. The smallest absolute Gasteiger partial charge is 0.0589 e. The lowest BCUT2D eigenvalue weighted by Crippen LogP contribution is -2.47. The number of hydrogen-bond acceptors (Lipinski definition) is 3. The molecule has 0 radical (unpaired) electrons. The van der Waals surface area contributed by atoms with E-state index in [1.54, 1.807) is 0 Å². The molecule has 1 aliphatic heterocycles. The first kappa shape index (κ1) is 12.9. The number of aliphatic hydroxyl groups is 1. The van der Waals surface area contributed by atoms with Gasteiger partial charge in [0.1, 0.15) is 0 Å². The summed E-state index contributed by atoms with van der Waals surface area (Å²) in [6.07, 6.45) is 2.59. The molecule has 2 atom stereocenters. The lowest BCUT2D eigenvalue weighted by molar-refractivity contribution is 0.152. The summed E-state index contributed by atoms with van der Waals surface area (Å²) >= 11 is 0. The van der Waals surface area contributed by atoms with Gasteiger partial charge >= 0.3 is 0 Å². The molecule has 3 N–H and O–H groups in total. The highest BCUT2D eigenvalue weighted by Gasteiger charge is 2.24. The molecular weight excluding hydrogens is 188 g/mol. The van der Waals surface area contributed by atoms with Crippen molar-refractivity contribution in [3.8, 4) is 0 Å². The molecule has 90 valence electrons. The van der Waals surface area contributed by atoms with Crippen LogP contribution >= 0.6 is 0 Å².